The smallest absolute Gasteiger partial charge is 0.228 e. The molecule has 0 radical (unpaired) electrons. The molecule has 1 aromatic rings. The number of aryl methyl sites for hydroxylation is 1. The molecular weight excluding hydrogens is 218 g/mol. The molecule has 0 spiro atoms. The molecule has 0 aliphatic heterocycles. The van der Waals surface area contributed by atoms with Gasteiger partial charge in [0.05, 0.1) is 10.6 Å². The lowest BCUT2D eigenvalue weighted by Gasteiger charge is -2.10. The van der Waals surface area contributed by atoms with E-state index in [1.54, 1.807) is 0 Å². The van der Waals surface area contributed by atoms with Crippen LogP contribution in [0.1, 0.15) is 19.5 Å². The second-order valence-corrected chi connectivity index (χ2v) is 3.76. The number of rotatable bonds is 2. The van der Waals surface area contributed by atoms with E-state index in [0.717, 1.165) is 10.2 Å². The van der Waals surface area contributed by atoms with E-state index in [9.17, 15) is 0 Å². The summed E-state index contributed by atoms with van der Waals surface area (Å²) >= 11 is 3.37. The van der Waals surface area contributed by atoms with Crippen LogP contribution < -0.4 is 4.74 Å². The van der Waals surface area contributed by atoms with E-state index < -0.39 is 0 Å². The minimum atomic E-state index is 0.163. The van der Waals surface area contributed by atoms with Gasteiger partial charge in [-0.25, -0.2) is 4.98 Å². The molecule has 1 aromatic heterocycles. The highest BCUT2D eigenvalue weighted by Gasteiger charge is 2.04. The van der Waals surface area contributed by atoms with E-state index in [1.165, 1.54) is 0 Å². The topological polar surface area (TPSA) is 22.1 Å². The summed E-state index contributed by atoms with van der Waals surface area (Å²) in [6.45, 7) is 5.91. The lowest BCUT2D eigenvalue weighted by molar-refractivity contribution is 0.230. The third kappa shape index (κ3) is 2.48. The summed E-state index contributed by atoms with van der Waals surface area (Å²) in [6.07, 6.45) is 0.163. The van der Waals surface area contributed by atoms with E-state index in [2.05, 4.69) is 20.9 Å². The molecule has 0 fully saturated rings. The Morgan fingerprint density at radius 1 is 1.42 bits per heavy atom. The third-order valence-electron chi connectivity index (χ3n) is 1.30. The third-order valence-corrected chi connectivity index (χ3v) is 1.90. The molecule has 0 atom stereocenters. The van der Waals surface area contributed by atoms with Crippen LogP contribution >= 0.6 is 15.9 Å². The van der Waals surface area contributed by atoms with Gasteiger partial charge < -0.3 is 4.74 Å². The Kier molecular flexibility index (Phi) is 3.09. The molecule has 0 N–H and O–H groups in total. The Labute approximate surface area is 81.1 Å². The molecular formula is C9H12BrNO. The molecule has 0 aromatic carbocycles. The van der Waals surface area contributed by atoms with Crippen molar-refractivity contribution in [1.29, 1.82) is 0 Å². The largest absolute Gasteiger partial charge is 0.474 e. The van der Waals surface area contributed by atoms with E-state index in [4.69, 9.17) is 4.74 Å². The Morgan fingerprint density at radius 2 is 2.08 bits per heavy atom. The van der Waals surface area contributed by atoms with Crippen molar-refractivity contribution in [3.8, 4) is 5.88 Å². The molecule has 0 amide bonds. The molecule has 12 heavy (non-hydrogen) atoms. The van der Waals surface area contributed by atoms with Gasteiger partial charge in [0.25, 0.3) is 0 Å². The zero-order chi connectivity index (χ0) is 9.14. The quantitative estimate of drug-likeness (QED) is 0.779. The van der Waals surface area contributed by atoms with E-state index in [-0.39, 0.29) is 6.10 Å². The van der Waals surface area contributed by atoms with E-state index in [1.807, 2.05) is 32.9 Å². The molecule has 2 nitrogen and oxygen atoms in total. The molecule has 1 rings (SSSR count). The van der Waals surface area contributed by atoms with Crippen molar-refractivity contribution in [2.24, 2.45) is 0 Å². The van der Waals surface area contributed by atoms with Gasteiger partial charge in [0.1, 0.15) is 0 Å². The van der Waals surface area contributed by atoms with Crippen molar-refractivity contribution in [3.05, 3.63) is 22.3 Å². The van der Waals surface area contributed by atoms with E-state index in [0.29, 0.717) is 5.88 Å². The highest BCUT2D eigenvalue weighted by Crippen LogP contribution is 2.23. The van der Waals surface area contributed by atoms with Crippen molar-refractivity contribution in [1.82, 2.24) is 4.98 Å². The predicted octanol–water partition coefficient (Wildman–Crippen LogP) is 2.94. The maximum Gasteiger partial charge on any atom is 0.228 e. The summed E-state index contributed by atoms with van der Waals surface area (Å²) < 4.78 is 6.37. The zero-order valence-corrected chi connectivity index (χ0v) is 9.05. The average molecular weight is 230 g/mol. The summed E-state index contributed by atoms with van der Waals surface area (Å²) in [7, 11) is 0. The molecule has 0 aliphatic carbocycles. The molecule has 3 heteroatoms. The maximum atomic E-state index is 5.47. The minimum absolute atomic E-state index is 0.163. The van der Waals surface area contributed by atoms with Crippen molar-refractivity contribution < 1.29 is 4.74 Å². The normalized spacial score (nSPS) is 10.4. The Hall–Kier alpha value is -0.570. The fourth-order valence-electron chi connectivity index (χ4n) is 0.822. The average Bonchev–Trinajstić information content (AvgIpc) is 1.96. The van der Waals surface area contributed by atoms with Gasteiger partial charge in [-0.1, -0.05) is 0 Å². The van der Waals surface area contributed by atoms with Crippen LogP contribution in [0, 0.1) is 6.92 Å². The van der Waals surface area contributed by atoms with Crippen molar-refractivity contribution in [2.45, 2.75) is 26.9 Å². The SMILES string of the molecule is Cc1ccc(Br)c(OC(C)C)n1. The van der Waals surface area contributed by atoms with Crippen LogP contribution in [-0.2, 0) is 0 Å². The zero-order valence-electron chi connectivity index (χ0n) is 7.47. The van der Waals surface area contributed by atoms with Crippen LogP contribution in [0.5, 0.6) is 5.88 Å². The number of halogens is 1. The molecule has 0 bridgehead atoms. The Balaban J connectivity index is 2.90. The molecule has 0 saturated heterocycles. The van der Waals surface area contributed by atoms with E-state index >= 15 is 0 Å². The number of hydrogen-bond acceptors (Lipinski definition) is 2. The van der Waals surface area contributed by atoms with Crippen LogP contribution in [0.4, 0.5) is 0 Å². The maximum absolute atomic E-state index is 5.47. The predicted molar refractivity (Wildman–Crippen MR) is 52.4 cm³/mol. The summed E-state index contributed by atoms with van der Waals surface area (Å²) in [6, 6.07) is 3.89. The van der Waals surface area contributed by atoms with Crippen molar-refractivity contribution >= 4 is 15.9 Å². The fourth-order valence-corrected chi connectivity index (χ4v) is 1.14. The Bertz CT molecular complexity index is 273. The first-order chi connectivity index (χ1) is 5.59. The van der Waals surface area contributed by atoms with Gasteiger partial charge in [0.15, 0.2) is 0 Å². The Morgan fingerprint density at radius 3 is 2.67 bits per heavy atom. The summed E-state index contributed by atoms with van der Waals surface area (Å²) in [4.78, 5) is 4.24. The van der Waals surface area contributed by atoms with Gasteiger partial charge in [-0.15, -0.1) is 0 Å². The number of hydrogen-bond donors (Lipinski definition) is 0. The van der Waals surface area contributed by atoms with Crippen LogP contribution in [0.25, 0.3) is 0 Å². The lowest BCUT2D eigenvalue weighted by Crippen LogP contribution is -2.07. The first-order valence-electron chi connectivity index (χ1n) is 3.89. The first kappa shape index (κ1) is 9.52. The van der Waals surface area contributed by atoms with Gasteiger partial charge in [0, 0.05) is 5.69 Å². The van der Waals surface area contributed by atoms with Crippen LogP contribution in [-0.4, -0.2) is 11.1 Å². The monoisotopic (exact) mass is 229 g/mol. The first-order valence-corrected chi connectivity index (χ1v) is 4.68. The van der Waals surface area contributed by atoms with Gasteiger partial charge >= 0.3 is 0 Å². The fraction of sp³-hybridized carbons (Fsp3) is 0.444. The van der Waals surface area contributed by atoms with Crippen molar-refractivity contribution in [3.63, 3.8) is 0 Å². The highest BCUT2D eigenvalue weighted by molar-refractivity contribution is 9.10. The van der Waals surface area contributed by atoms with Crippen LogP contribution in [0.15, 0.2) is 16.6 Å². The van der Waals surface area contributed by atoms with Crippen molar-refractivity contribution in [2.75, 3.05) is 0 Å². The number of nitrogens with zero attached hydrogens (tertiary/aromatic N) is 1. The van der Waals surface area contributed by atoms with Crippen LogP contribution in [0.3, 0.4) is 0 Å². The number of aromatic nitrogens is 1. The summed E-state index contributed by atoms with van der Waals surface area (Å²) in [5, 5.41) is 0. The summed E-state index contributed by atoms with van der Waals surface area (Å²) in [5.74, 6) is 0.671. The lowest BCUT2D eigenvalue weighted by atomic mass is 10.4. The molecule has 66 valence electrons. The second-order valence-electron chi connectivity index (χ2n) is 2.91. The molecule has 0 aliphatic rings. The van der Waals surface area contributed by atoms with Crippen LogP contribution in [0.2, 0.25) is 0 Å². The minimum Gasteiger partial charge on any atom is -0.474 e. The standard InChI is InChI=1S/C9H12BrNO/c1-6(2)12-9-8(10)5-4-7(3)11-9/h4-6H,1-3H3. The summed E-state index contributed by atoms with van der Waals surface area (Å²) in [5.41, 5.74) is 0.967. The highest BCUT2D eigenvalue weighted by atomic mass is 79.9. The van der Waals surface area contributed by atoms with Gasteiger partial charge in [-0.05, 0) is 48.8 Å². The number of pyridine rings is 1. The second kappa shape index (κ2) is 3.90. The van der Waals surface area contributed by atoms with Gasteiger partial charge in [0.2, 0.25) is 5.88 Å². The van der Waals surface area contributed by atoms with Gasteiger partial charge in [-0.3, -0.25) is 0 Å². The number of ether oxygens (including phenoxy) is 1. The molecule has 0 saturated carbocycles. The van der Waals surface area contributed by atoms with Gasteiger partial charge in [-0.2, -0.15) is 0 Å². The molecule has 0 unspecified atom stereocenters. The molecule has 1 heterocycles.